The van der Waals surface area contributed by atoms with Crippen LogP contribution < -0.4 is 0 Å². The Hall–Kier alpha value is -1.71. The van der Waals surface area contributed by atoms with Gasteiger partial charge in [-0.25, -0.2) is 0 Å². The fourth-order valence-corrected chi connectivity index (χ4v) is 0. The van der Waals surface area contributed by atoms with E-state index in [0.29, 0.717) is 0 Å². The van der Waals surface area contributed by atoms with Crippen LogP contribution >= 0.6 is 0 Å². The molecular weight excluding hydrogens is 518 g/mol. The quantitative estimate of drug-likeness (QED) is 0.264. The van der Waals surface area contributed by atoms with Gasteiger partial charge < -0.3 is 164 Å². The maximum atomic E-state index is 7.32. The lowest BCUT2D eigenvalue weighted by Gasteiger charge is -1.15. The Morgan fingerprint density at radius 2 is 0.212 bits per heavy atom. The summed E-state index contributed by atoms with van der Waals surface area (Å²) in [5.41, 5.74) is 0. The van der Waals surface area contributed by atoms with Gasteiger partial charge in [0.05, 0.1) is 6.07 Å². The summed E-state index contributed by atoms with van der Waals surface area (Å²) in [6.07, 6.45) is 0. The van der Waals surface area contributed by atoms with Crippen molar-refractivity contribution in [2.45, 2.75) is 6.92 Å². The van der Waals surface area contributed by atoms with Gasteiger partial charge in [-0.15, -0.1) is 0 Å². The molecule has 0 bridgehead atoms. The van der Waals surface area contributed by atoms with Crippen molar-refractivity contribution in [3.8, 4) is 6.07 Å². The SMILES string of the molecule is CC#N.O.O.O.O.O.O.O.O.O.O.O.O.O.O.O.O.O.O.O.O.O.O.O.O.O.O.O.O.O.O. The molecule has 0 aromatic rings. The van der Waals surface area contributed by atoms with Crippen molar-refractivity contribution in [1.82, 2.24) is 0 Å². The lowest BCUT2D eigenvalue weighted by molar-refractivity contribution is 0.823. The lowest BCUT2D eigenvalue weighted by Crippen LogP contribution is -1.10. The minimum Gasteiger partial charge on any atom is -0.412 e. The fourth-order valence-electron chi connectivity index (χ4n) is 0. The van der Waals surface area contributed by atoms with Crippen molar-refractivity contribution in [3.05, 3.63) is 0 Å². The number of nitrogens with zero attached hydrogens (tertiary/aromatic N) is 1. The molecule has 0 radical (unpaired) electrons. The molecule has 60 N–H and O–H groups in total. The monoisotopic (exact) mass is 581 g/mol. The third kappa shape index (κ3) is 8290. The predicted octanol–water partition coefficient (Wildman–Crippen LogP) is -24.2. The predicted molar refractivity (Wildman–Crippen MR) is 120 cm³/mol. The van der Waals surface area contributed by atoms with Gasteiger partial charge in [0.2, 0.25) is 0 Å². The van der Waals surface area contributed by atoms with Crippen LogP contribution in [0, 0.1) is 11.3 Å². The van der Waals surface area contributed by atoms with Crippen molar-refractivity contribution in [2.75, 3.05) is 0 Å². The van der Waals surface area contributed by atoms with Gasteiger partial charge in [0.1, 0.15) is 0 Å². The summed E-state index contributed by atoms with van der Waals surface area (Å²) in [5.74, 6) is 0. The van der Waals surface area contributed by atoms with Crippen LogP contribution in [0.15, 0.2) is 0 Å². The average molecular weight is 582 g/mol. The molecule has 0 saturated carbocycles. The van der Waals surface area contributed by atoms with Crippen molar-refractivity contribution >= 4 is 0 Å². The van der Waals surface area contributed by atoms with E-state index in [1.165, 1.54) is 6.92 Å². The first-order chi connectivity index (χ1) is 1.41. The summed E-state index contributed by atoms with van der Waals surface area (Å²) in [6.45, 7) is 1.43. The molecule has 0 fully saturated rings. The van der Waals surface area contributed by atoms with Gasteiger partial charge in [-0.1, -0.05) is 0 Å². The first kappa shape index (κ1) is 341000. The standard InChI is InChI=1S/C2H3N.30H2O/c1-2-3;;;;;;;;;;;;;;;;;;;;;;;;;;;;;;/h1H3;30*1H2. The Labute approximate surface area is 184 Å². The van der Waals surface area contributed by atoms with Crippen molar-refractivity contribution in [2.24, 2.45) is 0 Å². The van der Waals surface area contributed by atoms with Crippen LogP contribution in [0.2, 0.25) is 0 Å². The second kappa shape index (κ2) is 51500. The van der Waals surface area contributed by atoms with Crippen LogP contribution in [0.3, 0.4) is 0 Å². The van der Waals surface area contributed by atoms with Gasteiger partial charge >= 0.3 is 0 Å². The highest BCUT2D eigenvalue weighted by Crippen LogP contribution is 1.21. The van der Waals surface area contributed by atoms with Gasteiger partial charge in [0.15, 0.2) is 0 Å². The van der Waals surface area contributed by atoms with Crippen LogP contribution in [0.25, 0.3) is 0 Å². The zero-order chi connectivity index (χ0) is 2.71. The normalized spacial score (nSPS) is 0.242. The summed E-state index contributed by atoms with van der Waals surface area (Å²) >= 11 is 0. The number of rotatable bonds is 0. The summed E-state index contributed by atoms with van der Waals surface area (Å²) in [5, 5.41) is 7.32. The highest BCUT2D eigenvalue weighted by Gasteiger charge is 1.17. The lowest BCUT2D eigenvalue weighted by atomic mass is 11.0. The zero-order valence-corrected chi connectivity index (χ0v) is 16.9. The first-order valence-electron chi connectivity index (χ1n) is 0.724. The maximum Gasteiger partial charge on any atom is 0.0587 e. The Morgan fingerprint density at radius 3 is 0.212 bits per heavy atom. The minimum atomic E-state index is 0. The van der Waals surface area contributed by atoms with Crippen LogP contribution in [-0.2, 0) is 0 Å². The van der Waals surface area contributed by atoms with Crippen LogP contribution in [0.5, 0.6) is 0 Å². The summed E-state index contributed by atoms with van der Waals surface area (Å²) < 4.78 is 0. The molecule has 0 amide bonds. The molecule has 0 aliphatic rings. The smallest absolute Gasteiger partial charge is 0.0587 e. The fraction of sp³-hybridized carbons (Fsp3) is 0.500. The Bertz CT molecular complexity index is 38.8. The van der Waals surface area contributed by atoms with Crippen LogP contribution in [-0.4, -0.2) is 164 Å². The van der Waals surface area contributed by atoms with E-state index in [1.807, 2.05) is 0 Å². The molecule has 0 rings (SSSR count). The van der Waals surface area contributed by atoms with E-state index in [2.05, 4.69) is 0 Å². The molecule has 31 heteroatoms. The molecule has 33 heavy (non-hydrogen) atoms. The van der Waals surface area contributed by atoms with E-state index in [1.54, 1.807) is 6.07 Å². The second-order valence-electron chi connectivity index (χ2n) is 0.224. The third-order valence-corrected chi connectivity index (χ3v) is 0. The van der Waals surface area contributed by atoms with E-state index in [4.69, 9.17) is 5.26 Å². The molecule has 0 heterocycles. The largest absolute Gasteiger partial charge is 0.412 e. The first-order valence-corrected chi connectivity index (χ1v) is 0.724. The molecule has 0 aliphatic heterocycles. The van der Waals surface area contributed by atoms with Gasteiger partial charge in [-0.05, 0) is 0 Å². The van der Waals surface area contributed by atoms with Crippen LogP contribution in [0.4, 0.5) is 0 Å². The molecule has 0 spiro atoms. The van der Waals surface area contributed by atoms with E-state index in [9.17, 15) is 0 Å². The molecule has 0 atom stereocenters. The Balaban J connectivity index is -0.0000000000460. The topological polar surface area (TPSA) is 969 Å². The van der Waals surface area contributed by atoms with E-state index >= 15 is 0 Å². The average Bonchev–Trinajstić information content (AvgIpc) is 0.918. The highest BCUT2D eigenvalue weighted by molar-refractivity contribution is 4.51. The second-order valence-corrected chi connectivity index (χ2v) is 0.224. The summed E-state index contributed by atoms with van der Waals surface area (Å²) in [4.78, 5) is 0. The van der Waals surface area contributed by atoms with Crippen molar-refractivity contribution < 1.29 is 164 Å². The van der Waals surface area contributed by atoms with E-state index < -0.39 is 0 Å². The van der Waals surface area contributed by atoms with Crippen molar-refractivity contribution in [3.63, 3.8) is 0 Å². The van der Waals surface area contributed by atoms with Crippen molar-refractivity contribution in [1.29, 1.82) is 5.26 Å². The highest BCUT2D eigenvalue weighted by atomic mass is 16.0. The number of nitriles is 1. The molecule has 256 valence electrons. The molecule has 31 nitrogen and oxygen atoms in total. The molecule has 0 aliphatic carbocycles. The van der Waals surface area contributed by atoms with E-state index in [0.717, 1.165) is 0 Å². The Morgan fingerprint density at radius 1 is 0.212 bits per heavy atom. The molecule has 0 unspecified atom stereocenters. The minimum absolute atomic E-state index is 0. The molecule has 0 aromatic carbocycles. The van der Waals surface area contributed by atoms with Gasteiger partial charge in [0, 0.05) is 6.92 Å². The van der Waals surface area contributed by atoms with Gasteiger partial charge in [-0.3, -0.25) is 0 Å². The molecule has 0 saturated heterocycles. The summed E-state index contributed by atoms with van der Waals surface area (Å²) in [6, 6.07) is 1.75. The number of hydrogen-bond acceptors (Lipinski definition) is 1. The maximum absolute atomic E-state index is 7.32. The number of hydrogen-bond donors (Lipinski definition) is 0. The zero-order valence-electron chi connectivity index (χ0n) is 16.9. The van der Waals surface area contributed by atoms with Crippen LogP contribution in [0.1, 0.15) is 6.92 Å². The molecular formula is C2H63NO30. The molecule has 0 aromatic heterocycles. The Kier molecular flexibility index (Phi) is 533000000. The van der Waals surface area contributed by atoms with E-state index in [-0.39, 0.29) is 164 Å². The third-order valence-electron chi connectivity index (χ3n) is 0. The van der Waals surface area contributed by atoms with Gasteiger partial charge in [0.25, 0.3) is 0 Å². The van der Waals surface area contributed by atoms with Gasteiger partial charge in [-0.2, -0.15) is 5.26 Å². The summed E-state index contributed by atoms with van der Waals surface area (Å²) in [7, 11) is 0.